The lowest BCUT2D eigenvalue weighted by molar-refractivity contribution is -0.160. The van der Waals surface area contributed by atoms with E-state index in [4.69, 9.17) is 27.9 Å². The summed E-state index contributed by atoms with van der Waals surface area (Å²) in [7, 11) is 0. The topological polar surface area (TPSA) is 92.7 Å². The highest BCUT2D eigenvalue weighted by Gasteiger charge is 2.43. The van der Waals surface area contributed by atoms with Crippen molar-refractivity contribution in [3.8, 4) is 0 Å². The Morgan fingerprint density at radius 2 is 1.81 bits per heavy atom. The molecular weight excluding hydrogens is 441 g/mol. The predicted octanol–water partition coefficient (Wildman–Crippen LogP) is 5.31. The van der Waals surface area contributed by atoms with Crippen LogP contribution in [0.2, 0.25) is 0 Å². The standard InChI is InChI=1S/C23H33Cl2NO5/c1-5-17(24)18(25)11-7-6-10-16(20(29)31-22(2,3)4)15-26-21(30)23(14-19(27)28)12-8-9-13-23/h5,7,11,16H,1,6,8-10,12-15H2,2-4H3,(H,26,30)(H,27,28)/b11-7-,18-17-. The van der Waals surface area contributed by atoms with Crippen LogP contribution in [0.5, 0.6) is 0 Å². The van der Waals surface area contributed by atoms with Gasteiger partial charge in [0.1, 0.15) is 5.60 Å². The Kier molecular flexibility index (Phi) is 10.8. The Balaban J connectivity index is 2.83. The van der Waals surface area contributed by atoms with Gasteiger partial charge in [-0.2, -0.15) is 0 Å². The van der Waals surface area contributed by atoms with Gasteiger partial charge in [0.2, 0.25) is 5.91 Å². The van der Waals surface area contributed by atoms with Gasteiger partial charge in [0.15, 0.2) is 0 Å². The summed E-state index contributed by atoms with van der Waals surface area (Å²) < 4.78 is 5.50. The van der Waals surface area contributed by atoms with Crippen molar-refractivity contribution in [1.29, 1.82) is 0 Å². The summed E-state index contributed by atoms with van der Waals surface area (Å²) in [6.07, 6.45) is 8.32. The highest BCUT2D eigenvalue weighted by Crippen LogP contribution is 2.41. The number of aliphatic carboxylic acids is 1. The van der Waals surface area contributed by atoms with Gasteiger partial charge < -0.3 is 15.2 Å². The number of esters is 1. The van der Waals surface area contributed by atoms with Crippen LogP contribution in [0.15, 0.2) is 34.9 Å². The van der Waals surface area contributed by atoms with Crippen molar-refractivity contribution in [3.63, 3.8) is 0 Å². The van der Waals surface area contributed by atoms with E-state index in [9.17, 15) is 19.5 Å². The molecule has 1 amide bonds. The maximum absolute atomic E-state index is 12.9. The minimum absolute atomic E-state index is 0.0833. The molecule has 1 fully saturated rings. The van der Waals surface area contributed by atoms with Crippen LogP contribution in [0, 0.1) is 11.3 Å². The van der Waals surface area contributed by atoms with Crippen LogP contribution < -0.4 is 5.32 Å². The summed E-state index contributed by atoms with van der Waals surface area (Å²) in [6, 6.07) is 0. The summed E-state index contributed by atoms with van der Waals surface area (Å²) >= 11 is 11.9. The first-order valence-electron chi connectivity index (χ1n) is 10.5. The largest absolute Gasteiger partial charge is 0.481 e. The quantitative estimate of drug-likeness (QED) is 0.313. The molecule has 1 aliphatic rings. The molecule has 2 N–H and O–H groups in total. The van der Waals surface area contributed by atoms with Crippen LogP contribution in [0.1, 0.15) is 65.7 Å². The minimum Gasteiger partial charge on any atom is -0.481 e. The predicted molar refractivity (Wildman–Crippen MR) is 123 cm³/mol. The number of carboxylic acid groups (broad SMARTS) is 1. The molecule has 1 unspecified atom stereocenters. The summed E-state index contributed by atoms with van der Waals surface area (Å²) in [6.45, 7) is 8.97. The van der Waals surface area contributed by atoms with E-state index in [1.165, 1.54) is 6.08 Å². The molecule has 1 rings (SSSR count). The van der Waals surface area contributed by atoms with Crippen molar-refractivity contribution in [2.75, 3.05) is 6.54 Å². The maximum Gasteiger partial charge on any atom is 0.311 e. The van der Waals surface area contributed by atoms with Gasteiger partial charge in [-0.05, 0) is 58.6 Å². The molecule has 31 heavy (non-hydrogen) atoms. The average Bonchev–Trinajstić information content (AvgIpc) is 3.13. The number of carbonyl (C=O) groups is 3. The van der Waals surface area contributed by atoms with E-state index in [-0.39, 0.29) is 18.9 Å². The van der Waals surface area contributed by atoms with E-state index in [0.29, 0.717) is 35.7 Å². The molecule has 174 valence electrons. The Hall–Kier alpha value is -1.79. The monoisotopic (exact) mass is 473 g/mol. The number of carboxylic acids is 1. The van der Waals surface area contributed by atoms with Gasteiger partial charge in [0.05, 0.1) is 27.8 Å². The number of hydrogen-bond donors (Lipinski definition) is 2. The number of hydrogen-bond acceptors (Lipinski definition) is 4. The second-order valence-electron chi connectivity index (χ2n) is 8.88. The summed E-state index contributed by atoms with van der Waals surface area (Å²) in [5.74, 6) is -2.28. The van der Waals surface area contributed by atoms with E-state index < -0.39 is 28.9 Å². The van der Waals surface area contributed by atoms with E-state index in [1.54, 1.807) is 32.9 Å². The number of halogens is 2. The lowest BCUT2D eigenvalue weighted by atomic mass is 9.81. The van der Waals surface area contributed by atoms with Crippen molar-refractivity contribution in [3.05, 3.63) is 34.9 Å². The van der Waals surface area contributed by atoms with Gasteiger partial charge in [0.25, 0.3) is 0 Å². The molecular formula is C23H33Cl2NO5. The van der Waals surface area contributed by atoms with Gasteiger partial charge >= 0.3 is 11.9 Å². The second-order valence-corrected chi connectivity index (χ2v) is 9.69. The third kappa shape index (κ3) is 9.48. The first kappa shape index (κ1) is 27.2. The fraction of sp³-hybridized carbons (Fsp3) is 0.609. The molecule has 1 atom stereocenters. The van der Waals surface area contributed by atoms with Crippen LogP contribution in [-0.4, -0.2) is 35.1 Å². The fourth-order valence-electron chi connectivity index (χ4n) is 3.58. The van der Waals surface area contributed by atoms with Crippen molar-refractivity contribution in [2.45, 2.75) is 71.3 Å². The molecule has 8 heteroatoms. The molecule has 0 radical (unpaired) electrons. The minimum atomic E-state index is -0.992. The van der Waals surface area contributed by atoms with Crippen LogP contribution >= 0.6 is 23.2 Å². The zero-order valence-corrected chi connectivity index (χ0v) is 20.0. The van der Waals surface area contributed by atoms with E-state index in [1.807, 2.05) is 0 Å². The number of nitrogens with one attached hydrogen (secondary N) is 1. The fourth-order valence-corrected chi connectivity index (χ4v) is 3.81. The number of rotatable bonds is 11. The van der Waals surface area contributed by atoms with E-state index in [2.05, 4.69) is 11.9 Å². The van der Waals surface area contributed by atoms with Crippen molar-refractivity contribution < 1.29 is 24.2 Å². The smallest absolute Gasteiger partial charge is 0.311 e. The normalized spacial score (nSPS) is 17.7. The zero-order valence-electron chi connectivity index (χ0n) is 18.5. The number of allylic oxidation sites excluding steroid dienone is 5. The molecule has 1 saturated carbocycles. The van der Waals surface area contributed by atoms with Crippen LogP contribution in [0.25, 0.3) is 0 Å². The number of amides is 1. The van der Waals surface area contributed by atoms with Crippen molar-refractivity contribution in [1.82, 2.24) is 5.32 Å². The van der Waals surface area contributed by atoms with E-state index in [0.717, 1.165) is 12.8 Å². The lowest BCUT2D eigenvalue weighted by Gasteiger charge is -2.28. The highest BCUT2D eigenvalue weighted by molar-refractivity contribution is 6.41. The van der Waals surface area contributed by atoms with Crippen molar-refractivity contribution >= 4 is 41.0 Å². The molecule has 0 aromatic heterocycles. The maximum atomic E-state index is 12.9. The van der Waals surface area contributed by atoms with Crippen LogP contribution in [0.4, 0.5) is 0 Å². The Bertz CT molecular complexity index is 731. The number of carbonyl (C=O) groups excluding carboxylic acids is 2. The Labute approximate surface area is 194 Å². The molecule has 0 heterocycles. The molecule has 0 aliphatic heterocycles. The summed E-state index contributed by atoms with van der Waals surface area (Å²) in [5.41, 5.74) is -1.56. The van der Waals surface area contributed by atoms with E-state index >= 15 is 0 Å². The molecule has 6 nitrogen and oxygen atoms in total. The molecule has 0 aromatic carbocycles. The third-order valence-corrected chi connectivity index (χ3v) is 5.92. The zero-order chi connectivity index (χ0) is 23.7. The Morgan fingerprint density at radius 1 is 1.19 bits per heavy atom. The third-order valence-electron chi connectivity index (χ3n) is 5.13. The van der Waals surface area contributed by atoms with Gasteiger partial charge in [-0.25, -0.2) is 0 Å². The SMILES string of the molecule is C=C/C(Cl)=C(Cl)\C=C/CCC(CNC(=O)C1(CC(=O)O)CCCC1)C(=O)OC(C)(C)C. The van der Waals surface area contributed by atoms with Crippen molar-refractivity contribution in [2.24, 2.45) is 11.3 Å². The molecule has 0 saturated heterocycles. The number of ether oxygens (including phenoxy) is 1. The molecule has 0 bridgehead atoms. The molecule has 0 aromatic rings. The Morgan fingerprint density at radius 3 is 2.32 bits per heavy atom. The average molecular weight is 474 g/mol. The molecule has 1 aliphatic carbocycles. The first-order chi connectivity index (χ1) is 14.4. The summed E-state index contributed by atoms with van der Waals surface area (Å²) in [4.78, 5) is 36.8. The van der Waals surface area contributed by atoms with Crippen LogP contribution in [0.3, 0.4) is 0 Å². The molecule has 0 spiro atoms. The second kappa shape index (κ2) is 12.3. The first-order valence-corrected chi connectivity index (χ1v) is 11.2. The highest BCUT2D eigenvalue weighted by atomic mass is 35.5. The van der Waals surface area contributed by atoms with Gasteiger partial charge in [0, 0.05) is 6.54 Å². The van der Waals surface area contributed by atoms with Gasteiger partial charge in [-0.15, -0.1) is 0 Å². The van der Waals surface area contributed by atoms with Gasteiger partial charge in [-0.3, -0.25) is 14.4 Å². The summed E-state index contributed by atoms with van der Waals surface area (Å²) in [5, 5.41) is 12.7. The van der Waals surface area contributed by atoms with Gasteiger partial charge in [-0.1, -0.05) is 48.7 Å². The lowest BCUT2D eigenvalue weighted by Crippen LogP contribution is -2.44. The van der Waals surface area contributed by atoms with Crippen LogP contribution in [-0.2, 0) is 19.1 Å².